The van der Waals surface area contributed by atoms with Crippen molar-refractivity contribution in [1.82, 2.24) is 15.1 Å². The molecule has 0 amide bonds. The lowest BCUT2D eigenvalue weighted by atomic mass is 9.95. The number of nitrogens with zero attached hydrogens (tertiary/aromatic N) is 3. The molecule has 2 rings (SSSR count). The first-order chi connectivity index (χ1) is 9.27. The van der Waals surface area contributed by atoms with Crippen LogP contribution in [0.3, 0.4) is 0 Å². The van der Waals surface area contributed by atoms with Crippen LogP contribution < -0.4 is 5.32 Å². The molecule has 0 saturated heterocycles. The fourth-order valence-electron chi connectivity index (χ4n) is 1.67. The highest BCUT2D eigenvalue weighted by molar-refractivity contribution is 6.30. The van der Waals surface area contributed by atoms with Crippen molar-refractivity contribution in [1.29, 1.82) is 0 Å². The number of hydrogen-bond acceptors (Lipinski definition) is 5. The first kappa shape index (κ1) is 14.8. The molecule has 20 heavy (non-hydrogen) atoms. The molecule has 0 aliphatic rings. The molecule has 108 valence electrons. The minimum absolute atomic E-state index is 0.156. The SMILES string of the molecule is Cc1cc(CNc2nc(C(C)(C)C)nc(Cl)c2C)on1. The van der Waals surface area contributed by atoms with Crippen molar-refractivity contribution in [3.05, 3.63) is 34.1 Å². The Balaban J connectivity index is 2.24. The van der Waals surface area contributed by atoms with Crippen molar-refractivity contribution in [3.8, 4) is 0 Å². The van der Waals surface area contributed by atoms with Crippen LogP contribution >= 0.6 is 11.6 Å². The molecule has 6 heteroatoms. The number of hydrogen-bond donors (Lipinski definition) is 1. The second-order valence-electron chi connectivity index (χ2n) is 5.85. The van der Waals surface area contributed by atoms with Gasteiger partial charge in [0.25, 0.3) is 0 Å². The lowest BCUT2D eigenvalue weighted by molar-refractivity contribution is 0.384. The van der Waals surface area contributed by atoms with Crippen molar-refractivity contribution in [3.63, 3.8) is 0 Å². The third kappa shape index (κ3) is 3.28. The molecule has 5 nitrogen and oxygen atoms in total. The number of nitrogens with one attached hydrogen (secondary N) is 1. The monoisotopic (exact) mass is 294 g/mol. The second kappa shape index (κ2) is 5.40. The van der Waals surface area contributed by atoms with E-state index in [4.69, 9.17) is 16.1 Å². The minimum atomic E-state index is -0.156. The molecule has 1 N–H and O–H groups in total. The lowest BCUT2D eigenvalue weighted by Crippen LogP contribution is -2.18. The summed E-state index contributed by atoms with van der Waals surface area (Å²) in [5.41, 5.74) is 1.53. The summed E-state index contributed by atoms with van der Waals surface area (Å²) in [6, 6.07) is 1.88. The van der Waals surface area contributed by atoms with Gasteiger partial charge in [-0.25, -0.2) is 9.97 Å². The standard InChI is InChI=1S/C14H19ClN4O/c1-8-6-10(20-19-8)7-16-12-9(2)11(15)17-13(18-12)14(3,4)5/h6H,7H2,1-5H3,(H,16,17,18). The van der Waals surface area contributed by atoms with Crippen molar-refractivity contribution in [2.24, 2.45) is 0 Å². The van der Waals surface area contributed by atoms with Crippen LogP contribution in [-0.4, -0.2) is 15.1 Å². The fraction of sp³-hybridized carbons (Fsp3) is 0.500. The Bertz CT molecular complexity index is 616. The Hall–Kier alpha value is -1.62. The van der Waals surface area contributed by atoms with Crippen LogP contribution in [0.25, 0.3) is 0 Å². The van der Waals surface area contributed by atoms with Gasteiger partial charge >= 0.3 is 0 Å². The Kier molecular flexibility index (Phi) is 3.99. The molecule has 2 aromatic heterocycles. The van der Waals surface area contributed by atoms with Gasteiger partial charge in [-0.15, -0.1) is 0 Å². The second-order valence-corrected chi connectivity index (χ2v) is 6.21. The summed E-state index contributed by atoms with van der Waals surface area (Å²) in [7, 11) is 0. The van der Waals surface area contributed by atoms with Crippen LogP contribution in [0.4, 0.5) is 5.82 Å². The van der Waals surface area contributed by atoms with Crippen LogP contribution in [0.1, 0.15) is 43.6 Å². The first-order valence-electron chi connectivity index (χ1n) is 6.48. The van der Waals surface area contributed by atoms with Gasteiger partial charge in [0.1, 0.15) is 16.8 Å². The van der Waals surface area contributed by atoms with Gasteiger partial charge in [0.2, 0.25) is 0 Å². The van der Waals surface area contributed by atoms with Crippen molar-refractivity contribution < 1.29 is 4.52 Å². The average Bonchev–Trinajstić information content (AvgIpc) is 2.75. The molecule has 0 aliphatic heterocycles. The van der Waals surface area contributed by atoms with Gasteiger partial charge in [0.05, 0.1) is 12.2 Å². The predicted octanol–water partition coefficient (Wildman–Crippen LogP) is 3.64. The van der Waals surface area contributed by atoms with Gasteiger partial charge in [0.15, 0.2) is 5.76 Å². The maximum atomic E-state index is 6.18. The van der Waals surface area contributed by atoms with E-state index in [1.807, 2.05) is 19.9 Å². The highest BCUT2D eigenvalue weighted by Crippen LogP contribution is 2.26. The predicted molar refractivity (Wildman–Crippen MR) is 79.0 cm³/mol. The maximum absolute atomic E-state index is 6.18. The molecule has 0 aromatic carbocycles. The zero-order chi connectivity index (χ0) is 14.9. The van der Waals surface area contributed by atoms with Crippen molar-refractivity contribution >= 4 is 17.4 Å². The average molecular weight is 295 g/mol. The molecular formula is C14H19ClN4O. The Morgan fingerprint density at radius 3 is 2.50 bits per heavy atom. The van der Waals surface area contributed by atoms with Crippen LogP contribution in [0, 0.1) is 13.8 Å². The summed E-state index contributed by atoms with van der Waals surface area (Å²) >= 11 is 6.18. The van der Waals surface area contributed by atoms with Gasteiger partial charge in [-0.05, 0) is 13.8 Å². The van der Waals surface area contributed by atoms with E-state index in [1.165, 1.54) is 0 Å². The molecule has 0 fully saturated rings. The van der Waals surface area contributed by atoms with E-state index in [0.29, 0.717) is 17.5 Å². The molecule has 0 unspecified atom stereocenters. The Labute approximate surface area is 123 Å². The highest BCUT2D eigenvalue weighted by atomic mass is 35.5. The van der Waals surface area contributed by atoms with E-state index in [1.54, 1.807) is 0 Å². The van der Waals surface area contributed by atoms with E-state index in [-0.39, 0.29) is 5.41 Å². The number of anilines is 1. The van der Waals surface area contributed by atoms with Crippen molar-refractivity contribution in [2.75, 3.05) is 5.32 Å². The molecule has 0 atom stereocenters. The third-order valence-electron chi connectivity index (χ3n) is 2.86. The Morgan fingerprint density at radius 2 is 1.95 bits per heavy atom. The summed E-state index contributed by atoms with van der Waals surface area (Å²) in [6.45, 7) is 10.5. The quantitative estimate of drug-likeness (QED) is 0.876. The van der Waals surface area contributed by atoms with Crippen LogP contribution in [0.15, 0.2) is 10.6 Å². The Morgan fingerprint density at radius 1 is 1.25 bits per heavy atom. The smallest absolute Gasteiger partial charge is 0.156 e. The molecule has 2 aromatic rings. The zero-order valence-corrected chi connectivity index (χ0v) is 13.2. The fourth-order valence-corrected chi connectivity index (χ4v) is 1.84. The lowest BCUT2D eigenvalue weighted by Gasteiger charge is -2.19. The first-order valence-corrected chi connectivity index (χ1v) is 6.86. The van der Waals surface area contributed by atoms with Gasteiger partial charge in [-0.2, -0.15) is 0 Å². The summed E-state index contributed by atoms with van der Waals surface area (Å²) in [4.78, 5) is 8.90. The number of halogens is 1. The van der Waals surface area contributed by atoms with E-state index < -0.39 is 0 Å². The van der Waals surface area contributed by atoms with Crippen molar-refractivity contribution in [2.45, 2.75) is 46.6 Å². The molecule has 0 saturated carbocycles. The van der Waals surface area contributed by atoms with E-state index in [0.717, 1.165) is 22.8 Å². The minimum Gasteiger partial charge on any atom is -0.362 e. The maximum Gasteiger partial charge on any atom is 0.156 e. The highest BCUT2D eigenvalue weighted by Gasteiger charge is 2.20. The molecule has 0 aliphatic carbocycles. The van der Waals surface area contributed by atoms with Crippen LogP contribution in [0.2, 0.25) is 5.15 Å². The van der Waals surface area contributed by atoms with Crippen LogP contribution in [0.5, 0.6) is 0 Å². The van der Waals surface area contributed by atoms with E-state index in [9.17, 15) is 0 Å². The largest absolute Gasteiger partial charge is 0.362 e. The van der Waals surface area contributed by atoms with E-state index in [2.05, 4.69) is 41.2 Å². The molecular weight excluding hydrogens is 276 g/mol. The third-order valence-corrected chi connectivity index (χ3v) is 3.23. The molecule has 0 bridgehead atoms. The molecule has 2 heterocycles. The summed E-state index contributed by atoms with van der Waals surface area (Å²) in [6.07, 6.45) is 0. The van der Waals surface area contributed by atoms with Gasteiger partial charge in [-0.3, -0.25) is 0 Å². The zero-order valence-electron chi connectivity index (χ0n) is 12.4. The van der Waals surface area contributed by atoms with Crippen LogP contribution in [-0.2, 0) is 12.0 Å². The summed E-state index contributed by atoms with van der Waals surface area (Å²) in [5.74, 6) is 2.20. The number of aryl methyl sites for hydroxylation is 1. The van der Waals surface area contributed by atoms with Gasteiger partial charge < -0.3 is 9.84 Å². The number of rotatable bonds is 3. The topological polar surface area (TPSA) is 63.8 Å². The molecule has 0 radical (unpaired) electrons. The normalized spacial score (nSPS) is 11.7. The molecule has 0 spiro atoms. The van der Waals surface area contributed by atoms with Gasteiger partial charge in [-0.1, -0.05) is 37.5 Å². The summed E-state index contributed by atoms with van der Waals surface area (Å²) < 4.78 is 5.16. The number of aromatic nitrogens is 3. The summed E-state index contributed by atoms with van der Waals surface area (Å²) in [5, 5.41) is 7.55. The van der Waals surface area contributed by atoms with E-state index >= 15 is 0 Å². The van der Waals surface area contributed by atoms with Gasteiger partial charge in [0, 0.05) is 17.0 Å².